The fourth-order valence-electron chi connectivity index (χ4n) is 2.43. The fraction of sp³-hybridized carbons (Fsp3) is 0.100. The van der Waals surface area contributed by atoms with Crippen molar-refractivity contribution in [1.82, 2.24) is 0 Å². The lowest BCUT2D eigenvalue weighted by Gasteiger charge is -2.14. The van der Waals surface area contributed by atoms with Crippen molar-refractivity contribution < 1.29 is 9.84 Å². The third-order valence-electron chi connectivity index (χ3n) is 3.83. The fourth-order valence-corrected chi connectivity index (χ4v) is 3.24. The first-order valence-corrected chi connectivity index (χ1v) is 9.51. The van der Waals surface area contributed by atoms with Gasteiger partial charge in [-0.05, 0) is 48.0 Å². The summed E-state index contributed by atoms with van der Waals surface area (Å²) < 4.78 is 5.94. The Kier molecular flexibility index (Phi) is 6.61. The van der Waals surface area contributed by atoms with Gasteiger partial charge in [-0.1, -0.05) is 58.5 Å². The zero-order valence-corrected chi connectivity index (χ0v) is 17.0. The largest absolute Gasteiger partial charge is 0.505 e. The number of aromatic hydroxyl groups is 1. The topological polar surface area (TPSA) is 41.5 Å². The molecule has 0 aliphatic heterocycles. The molecule has 0 aliphatic rings. The predicted octanol–water partition coefficient (Wildman–Crippen LogP) is 7.20. The Morgan fingerprint density at radius 3 is 2.11 bits per heavy atom. The van der Waals surface area contributed by atoms with Crippen molar-refractivity contribution in [3.05, 3.63) is 85.8 Å². The van der Waals surface area contributed by atoms with Gasteiger partial charge in [-0.25, -0.2) is 0 Å². The van der Waals surface area contributed by atoms with E-state index >= 15 is 0 Å². The molecule has 3 nitrogen and oxygen atoms in total. The number of rotatable bonds is 6. The van der Waals surface area contributed by atoms with Gasteiger partial charge in [0.25, 0.3) is 0 Å². The molecule has 0 unspecified atom stereocenters. The highest BCUT2D eigenvalue weighted by Gasteiger charge is 2.09. The third kappa shape index (κ3) is 5.36. The SMILES string of the molecule is Oc1c(Cl)cc(NCc2cc(Cl)ccc2OCc2ccc(Cl)cc2)cc1Cl. The van der Waals surface area contributed by atoms with E-state index in [1.165, 1.54) is 0 Å². The van der Waals surface area contributed by atoms with Crippen LogP contribution in [-0.2, 0) is 13.2 Å². The number of halogens is 4. The van der Waals surface area contributed by atoms with Gasteiger partial charge in [0.2, 0.25) is 0 Å². The second-order valence-electron chi connectivity index (χ2n) is 5.81. The van der Waals surface area contributed by atoms with Crippen LogP contribution in [0.1, 0.15) is 11.1 Å². The Morgan fingerprint density at radius 1 is 0.815 bits per heavy atom. The van der Waals surface area contributed by atoms with E-state index in [-0.39, 0.29) is 15.8 Å². The number of ether oxygens (including phenoxy) is 1. The third-order valence-corrected chi connectivity index (χ3v) is 4.89. The Labute approximate surface area is 177 Å². The van der Waals surface area contributed by atoms with Gasteiger partial charge < -0.3 is 15.2 Å². The number of anilines is 1. The first-order valence-electron chi connectivity index (χ1n) is 8.00. The smallest absolute Gasteiger partial charge is 0.152 e. The highest BCUT2D eigenvalue weighted by Crippen LogP contribution is 2.35. The molecule has 0 bridgehead atoms. The lowest BCUT2D eigenvalue weighted by molar-refractivity contribution is 0.303. The maximum atomic E-state index is 9.65. The number of hydrogen-bond donors (Lipinski definition) is 2. The van der Waals surface area contributed by atoms with Crippen molar-refractivity contribution in [2.45, 2.75) is 13.2 Å². The van der Waals surface area contributed by atoms with Crippen LogP contribution in [-0.4, -0.2) is 5.11 Å². The molecule has 0 heterocycles. The molecule has 0 amide bonds. The molecular formula is C20H15Cl4NO2. The Balaban J connectivity index is 1.73. The predicted molar refractivity (Wildman–Crippen MR) is 113 cm³/mol. The highest BCUT2D eigenvalue weighted by molar-refractivity contribution is 6.37. The maximum absolute atomic E-state index is 9.65. The molecule has 27 heavy (non-hydrogen) atoms. The van der Waals surface area contributed by atoms with Gasteiger partial charge in [-0.2, -0.15) is 0 Å². The van der Waals surface area contributed by atoms with Gasteiger partial charge in [0.05, 0.1) is 10.0 Å². The second kappa shape index (κ2) is 8.94. The minimum atomic E-state index is -0.140. The Bertz CT molecular complexity index is 922. The van der Waals surface area contributed by atoms with E-state index in [2.05, 4.69) is 5.32 Å². The van der Waals surface area contributed by atoms with Crippen LogP contribution in [0.4, 0.5) is 5.69 Å². The summed E-state index contributed by atoms with van der Waals surface area (Å²) in [5, 5.41) is 14.5. The minimum Gasteiger partial charge on any atom is -0.505 e. The molecule has 3 aromatic carbocycles. The van der Waals surface area contributed by atoms with E-state index in [0.717, 1.165) is 11.1 Å². The van der Waals surface area contributed by atoms with E-state index in [0.29, 0.717) is 34.6 Å². The van der Waals surface area contributed by atoms with Crippen molar-refractivity contribution in [1.29, 1.82) is 0 Å². The van der Waals surface area contributed by atoms with Crippen LogP contribution in [0, 0.1) is 0 Å². The van der Waals surface area contributed by atoms with Crippen molar-refractivity contribution in [3.8, 4) is 11.5 Å². The molecule has 140 valence electrons. The molecule has 7 heteroatoms. The summed E-state index contributed by atoms with van der Waals surface area (Å²) in [6.45, 7) is 0.844. The number of benzene rings is 3. The van der Waals surface area contributed by atoms with Gasteiger partial charge in [0, 0.05) is 27.8 Å². The van der Waals surface area contributed by atoms with Crippen LogP contribution in [0.2, 0.25) is 20.1 Å². The highest BCUT2D eigenvalue weighted by atomic mass is 35.5. The molecule has 3 aromatic rings. The van der Waals surface area contributed by atoms with E-state index in [4.69, 9.17) is 51.1 Å². The molecule has 0 aromatic heterocycles. The number of nitrogens with one attached hydrogen (secondary N) is 1. The molecule has 3 rings (SSSR count). The van der Waals surface area contributed by atoms with Gasteiger partial charge in [0.1, 0.15) is 12.4 Å². The zero-order valence-electron chi connectivity index (χ0n) is 14.0. The first kappa shape index (κ1) is 20.0. The normalized spacial score (nSPS) is 10.7. The maximum Gasteiger partial charge on any atom is 0.152 e. The van der Waals surface area contributed by atoms with Gasteiger partial charge in [-0.15, -0.1) is 0 Å². The van der Waals surface area contributed by atoms with Crippen LogP contribution in [0.25, 0.3) is 0 Å². The summed E-state index contributed by atoms with van der Waals surface area (Å²) in [6, 6.07) is 16.1. The van der Waals surface area contributed by atoms with Gasteiger partial charge >= 0.3 is 0 Å². The second-order valence-corrected chi connectivity index (χ2v) is 7.50. The van der Waals surface area contributed by atoms with Crippen molar-refractivity contribution in [3.63, 3.8) is 0 Å². The lowest BCUT2D eigenvalue weighted by Crippen LogP contribution is -2.04. The van der Waals surface area contributed by atoms with E-state index in [1.807, 2.05) is 36.4 Å². The summed E-state index contributed by atoms with van der Waals surface area (Å²) in [5.74, 6) is 0.566. The standard InChI is InChI=1S/C20H15Cl4NO2/c21-14-3-1-12(2-4-14)11-27-19-6-5-15(22)7-13(19)10-25-16-8-17(23)20(26)18(24)9-16/h1-9,25-26H,10-11H2. The molecule has 0 radical (unpaired) electrons. The van der Waals surface area contributed by atoms with Crippen molar-refractivity contribution >= 4 is 52.1 Å². The van der Waals surface area contributed by atoms with E-state index < -0.39 is 0 Å². The van der Waals surface area contributed by atoms with Crippen LogP contribution < -0.4 is 10.1 Å². The summed E-state index contributed by atoms with van der Waals surface area (Å²) >= 11 is 23.9. The molecule has 0 saturated carbocycles. The summed E-state index contributed by atoms with van der Waals surface area (Å²) in [7, 11) is 0. The molecule has 2 N–H and O–H groups in total. The molecule has 0 atom stereocenters. The summed E-state index contributed by atoms with van der Waals surface area (Å²) in [4.78, 5) is 0. The molecule has 0 spiro atoms. The quantitative estimate of drug-likeness (QED) is 0.396. The number of phenols is 1. The molecular weight excluding hydrogens is 428 g/mol. The lowest BCUT2D eigenvalue weighted by atomic mass is 10.2. The summed E-state index contributed by atoms with van der Waals surface area (Å²) in [5.41, 5.74) is 2.55. The van der Waals surface area contributed by atoms with Crippen molar-refractivity contribution in [2.75, 3.05) is 5.32 Å². The van der Waals surface area contributed by atoms with Crippen LogP contribution >= 0.6 is 46.4 Å². The van der Waals surface area contributed by atoms with Crippen LogP contribution in [0.15, 0.2) is 54.6 Å². The average molecular weight is 443 g/mol. The van der Waals surface area contributed by atoms with Crippen molar-refractivity contribution in [2.24, 2.45) is 0 Å². The molecule has 0 aliphatic carbocycles. The Morgan fingerprint density at radius 2 is 1.44 bits per heavy atom. The van der Waals surface area contributed by atoms with Gasteiger partial charge in [0.15, 0.2) is 5.75 Å². The molecule has 0 fully saturated rings. The van der Waals surface area contributed by atoms with Crippen LogP contribution in [0.3, 0.4) is 0 Å². The minimum absolute atomic E-state index is 0.140. The number of phenolic OH excluding ortho intramolecular Hbond substituents is 1. The monoisotopic (exact) mass is 441 g/mol. The van der Waals surface area contributed by atoms with E-state index in [1.54, 1.807) is 18.2 Å². The van der Waals surface area contributed by atoms with Crippen LogP contribution in [0.5, 0.6) is 11.5 Å². The number of hydrogen-bond acceptors (Lipinski definition) is 3. The molecule has 0 saturated heterocycles. The summed E-state index contributed by atoms with van der Waals surface area (Å²) in [6.07, 6.45) is 0. The first-order chi connectivity index (χ1) is 12.9. The zero-order chi connectivity index (χ0) is 19.4. The van der Waals surface area contributed by atoms with E-state index in [9.17, 15) is 5.11 Å². The average Bonchev–Trinajstić information content (AvgIpc) is 2.65. The van der Waals surface area contributed by atoms with Gasteiger partial charge in [-0.3, -0.25) is 0 Å². The Hall–Kier alpha value is -1.78.